The number of benzene rings is 2. The molecule has 3 rings (SSSR count). The Morgan fingerprint density at radius 2 is 1.73 bits per heavy atom. The van der Waals surface area contributed by atoms with Gasteiger partial charge in [-0.15, -0.1) is 4.68 Å². The number of nitrogens with zero attached hydrogens (tertiary/aromatic N) is 5. The monoisotopic (exact) mass is 507 g/mol. The Kier molecular flexibility index (Phi) is 7.18. The first-order valence-electron chi connectivity index (χ1n) is 10.4. The number of amides is 1. The topological polar surface area (TPSA) is 93.3 Å². The average molecular weight is 508 g/mol. The minimum absolute atomic E-state index is 0.156. The largest absolute Gasteiger partial charge is 0.432 e. The first-order chi connectivity index (χ1) is 15.3. The number of aryl methyl sites for hydroxylation is 1. The van der Waals surface area contributed by atoms with Crippen LogP contribution in [0.1, 0.15) is 25.8 Å². The van der Waals surface area contributed by atoms with Gasteiger partial charge in [-0.2, -0.15) is 4.68 Å². The van der Waals surface area contributed by atoms with Crippen molar-refractivity contribution in [3.05, 3.63) is 68.6 Å². The van der Waals surface area contributed by atoms with Gasteiger partial charge in [-0.1, -0.05) is 55.2 Å². The van der Waals surface area contributed by atoms with Crippen LogP contribution in [0.2, 0.25) is 28.2 Å². The van der Waals surface area contributed by atoms with Crippen LogP contribution in [0.4, 0.5) is 10.5 Å². The number of anilines is 1. The van der Waals surface area contributed by atoms with Crippen LogP contribution < -0.4 is 10.6 Å². The number of tetrazole rings is 1. The second-order valence-corrected chi connectivity index (χ2v) is 14.4. The number of hydrogen-bond donors (Lipinski definition) is 1. The molecule has 3 aromatic rings. The summed E-state index contributed by atoms with van der Waals surface area (Å²) in [6, 6.07) is 11.6. The van der Waals surface area contributed by atoms with E-state index in [1.54, 1.807) is 31.3 Å². The molecule has 0 spiro atoms. The van der Waals surface area contributed by atoms with E-state index < -0.39 is 20.0 Å². The van der Waals surface area contributed by atoms with Crippen molar-refractivity contribution >= 4 is 43.2 Å². The molecule has 0 unspecified atom stereocenters. The molecule has 176 valence electrons. The molecule has 1 heterocycles. The Bertz CT molecular complexity index is 1210. The molecule has 0 saturated carbocycles. The molecule has 0 aliphatic carbocycles. The van der Waals surface area contributed by atoms with Gasteiger partial charge in [0.05, 0.1) is 10.0 Å². The van der Waals surface area contributed by atoms with Gasteiger partial charge in [-0.25, -0.2) is 9.59 Å². The molecule has 0 atom stereocenters. The number of carbonyl (C=O) groups excluding carboxylic acids is 1. The van der Waals surface area contributed by atoms with Crippen molar-refractivity contribution in [1.82, 2.24) is 19.8 Å². The standard InChI is InChI=1S/C22H27Cl2N5O3Si/c1-22(2,33(4,5)32)13-12-15-8-6-9-16(14-15)27(3)20(30)29-21(31)28(25-26-29)19-17(23)10-7-11-18(19)24/h6-11,14,32H,12-13H2,1-5H3. The van der Waals surface area contributed by atoms with E-state index in [0.717, 1.165) is 23.1 Å². The van der Waals surface area contributed by atoms with Gasteiger partial charge in [-0.05, 0) is 71.2 Å². The van der Waals surface area contributed by atoms with Crippen LogP contribution in [-0.4, -0.2) is 46.0 Å². The molecular weight excluding hydrogens is 481 g/mol. The molecule has 11 heteroatoms. The summed E-state index contributed by atoms with van der Waals surface area (Å²) in [5.74, 6) is 0. The maximum atomic E-state index is 13.0. The van der Waals surface area contributed by atoms with Crippen LogP contribution >= 0.6 is 23.2 Å². The van der Waals surface area contributed by atoms with E-state index in [2.05, 4.69) is 24.3 Å². The third-order valence-electron chi connectivity index (χ3n) is 6.19. The van der Waals surface area contributed by atoms with Crippen molar-refractivity contribution in [2.75, 3.05) is 11.9 Å². The Hall–Kier alpha value is -2.46. The first-order valence-corrected chi connectivity index (χ1v) is 14.1. The second kappa shape index (κ2) is 9.42. The van der Waals surface area contributed by atoms with E-state index in [0.29, 0.717) is 10.4 Å². The lowest BCUT2D eigenvalue weighted by Gasteiger charge is -2.35. The molecule has 0 fully saturated rings. The van der Waals surface area contributed by atoms with E-state index in [1.165, 1.54) is 4.90 Å². The van der Waals surface area contributed by atoms with Gasteiger partial charge in [-0.3, -0.25) is 4.90 Å². The van der Waals surface area contributed by atoms with Crippen molar-refractivity contribution in [2.45, 2.75) is 44.8 Å². The van der Waals surface area contributed by atoms with Crippen molar-refractivity contribution in [3.63, 3.8) is 0 Å². The second-order valence-electron chi connectivity index (χ2n) is 9.11. The van der Waals surface area contributed by atoms with Gasteiger partial charge in [0.1, 0.15) is 5.69 Å². The lowest BCUT2D eigenvalue weighted by atomic mass is 10.0. The summed E-state index contributed by atoms with van der Waals surface area (Å²) in [6.45, 7) is 8.05. The summed E-state index contributed by atoms with van der Waals surface area (Å²) in [6.07, 6.45) is 1.57. The number of hydrogen-bond acceptors (Lipinski definition) is 5. The van der Waals surface area contributed by atoms with Gasteiger partial charge >= 0.3 is 11.7 Å². The Morgan fingerprint density at radius 1 is 1.12 bits per heavy atom. The fourth-order valence-corrected chi connectivity index (χ4v) is 4.43. The molecule has 1 N–H and O–H groups in total. The van der Waals surface area contributed by atoms with Crippen LogP contribution in [0.15, 0.2) is 47.3 Å². The van der Waals surface area contributed by atoms with E-state index in [1.807, 2.05) is 31.3 Å². The zero-order valence-electron chi connectivity index (χ0n) is 19.2. The highest BCUT2D eigenvalue weighted by Gasteiger charge is 2.37. The normalized spacial score (nSPS) is 12.1. The zero-order valence-corrected chi connectivity index (χ0v) is 21.7. The van der Waals surface area contributed by atoms with Gasteiger partial charge in [0.25, 0.3) is 0 Å². The SMILES string of the molecule is CN(C(=O)n1nnn(-c2c(Cl)cccc2Cl)c1=O)c1cccc(CCC(C)(C)[Si](C)(C)O)c1. The molecule has 33 heavy (non-hydrogen) atoms. The molecule has 0 radical (unpaired) electrons. The van der Waals surface area contributed by atoms with Gasteiger partial charge in [0.15, 0.2) is 8.32 Å². The van der Waals surface area contributed by atoms with E-state index in [-0.39, 0.29) is 20.8 Å². The highest BCUT2D eigenvalue weighted by molar-refractivity contribution is 6.72. The number of rotatable bonds is 6. The summed E-state index contributed by atoms with van der Waals surface area (Å²) >= 11 is 12.3. The van der Waals surface area contributed by atoms with Crippen molar-refractivity contribution in [3.8, 4) is 5.69 Å². The van der Waals surface area contributed by atoms with Crippen LogP contribution in [0.3, 0.4) is 0 Å². The quantitative estimate of drug-likeness (QED) is 0.383. The van der Waals surface area contributed by atoms with Crippen LogP contribution in [0.25, 0.3) is 5.69 Å². The minimum atomic E-state index is -2.32. The van der Waals surface area contributed by atoms with E-state index in [9.17, 15) is 14.4 Å². The van der Waals surface area contributed by atoms with Gasteiger partial charge < -0.3 is 4.80 Å². The van der Waals surface area contributed by atoms with Crippen LogP contribution in [-0.2, 0) is 6.42 Å². The molecular formula is C22H27Cl2N5O3Si. The predicted molar refractivity (Wildman–Crippen MR) is 133 cm³/mol. The molecule has 1 amide bonds. The third kappa shape index (κ3) is 5.21. The van der Waals surface area contributed by atoms with Crippen molar-refractivity contribution in [2.24, 2.45) is 0 Å². The molecule has 8 nitrogen and oxygen atoms in total. The Labute approximate surface area is 203 Å². The summed E-state index contributed by atoms with van der Waals surface area (Å²) < 4.78 is 1.56. The highest BCUT2D eigenvalue weighted by Crippen LogP contribution is 2.39. The van der Waals surface area contributed by atoms with Gasteiger partial charge in [0.2, 0.25) is 0 Å². The molecule has 0 bridgehead atoms. The summed E-state index contributed by atoms with van der Waals surface area (Å²) in [7, 11) is -0.757. The fourth-order valence-electron chi connectivity index (χ4n) is 3.13. The molecule has 0 aliphatic rings. The number of para-hydroxylation sites is 1. The molecule has 1 aromatic heterocycles. The van der Waals surface area contributed by atoms with Crippen molar-refractivity contribution in [1.29, 1.82) is 0 Å². The Morgan fingerprint density at radius 3 is 2.33 bits per heavy atom. The number of halogens is 2. The zero-order chi connectivity index (χ0) is 24.6. The first kappa shape index (κ1) is 25.2. The average Bonchev–Trinajstić information content (AvgIpc) is 3.11. The highest BCUT2D eigenvalue weighted by atomic mass is 35.5. The number of carbonyl (C=O) groups is 1. The van der Waals surface area contributed by atoms with Crippen molar-refractivity contribution < 1.29 is 9.59 Å². The smallest absolute Gasteiger partial charge is 0.377 e. The third-order valence-corrected chi connectivity index (χ3v) is 10.4. The van der Waals surface area contributed by atoms with Crippen LogP contribution in [0.5, 0.6) is 0 Å². The summed E-state index contributed by atoms with van der Waals surface area (Å²) in [5, 5.41) is 7.77. The lowest BCUT2D eigenvalue weighted by molar-refractivity contribution is 0.245. The summed E-state index contributed by atoms with van der Waals surface area (Å²) in [5.41, 5.74) is 1.01. The summed E-state index contributed by atoms with van der Waals surface area (Å²) in [4.78, 5) is 37.7. The maximum absolute atomic E-state index is 13.0. The molecule has 0 aliphatic heterocycles. The minimum Gasteiger partial charge on any atom is -0.432 e. The Balaban J connectivity index is 1.84. The van der Waals surface area contributed by atoms with Gasteiger partial charge in [0, 0.05) is 12.7 Å². The lowest BCUT2D eigenvalue weighted by Crippen LogP contribution is -2.39. The maximum Gasteiger partial charge on any atom is 0.377 e. The fraction of sp³-hybridized carbons (Fsp3) is 0.364. The number of aromatic nitrogens is 4. The van der Waals surface area contributed by atoms with E-state index in [4.69, 9.17) is 23.2 Å². The van der Waals surface area contributed by atoms with E-state index >= 15 is 0 Å². The molecule has 2 aromatic carbocycles. The van der Waals surface area contributed by atoms with Crippen LogP contribution in [0, 0.1) is 0 Å². The predicted octanol–water partition coefficient (Wildman–Crippen LogP) is 4.75. The molecule has 0 saturated heterocycles.